The molecule has 0 saturated carbocycles. The van der Waals surface area contributed by atoms with Gasteiger partial charge in [-0.25, -0.2) is 0 Å². The molecule has 1 fully saturated rings. The molecular formula is C11H24N2O5S. The zero-order valence-electron chi connectivity index (χ0n) is 11.9. The Balaban J connectivity index is 0.000000362. The van der Waals surface area contributed by atoms with Crippen LogP contribution in [0, 0.1) is 11.8 Å². The Bertz CT molecular complexity index is 388. The van der Waals surface area contributed by atoms with Crippen LogP contribution in [-0.4, -0.2) is 70.0 Å². The van der Waals surface area contributed by atoms with Gasteiger partial charge in [-0.15, -0.1) is 0 Å². The number of carboxylic acids is 1. The van der Waals surface area contributed by atoms with Crippen LogP contribution < -0.4 is 10.4 Å². The van der Waals surface area contributed by atoms with Gasteiger partial charge in [-0.05, 0) is 24.9 Å². The maximum atomic E-state index is 10.5. The van der Waals surface area contributed by atoms with Crippen LogP contribution in [0.2, 0.25) is 0 Å². The molecule has 1 aliphatic rings. The number of likely N-dealkylation sites (N-methyl/N-ethyl adjacent to an activating group) is 1. The predicted octanol–water partition coefficient (Wildman–Crippen LogP) is -1.83. The molecule has 8 heteroatoms. The summed E-state index contributed by atoms with van der Waals surface area (Å²) >= 11 is 0. The van der Waals surface area contributed by atoms with E-state index in [1.165, 1.54) is 0 Å². The third kappa shape index (κ3) is 10.9. The topological polar surface area (TPSA) is 107 Å². The largest absolute Gasteiger partial charge is 0.544 e. The molecule has 19 heavy (non-hydrogen) atoms. The number of aliphatic carboxylic acids is 1. The summed E-state index contributed by atoms with van der Waals surface area (Å²) in [5.74, 6) is -0.694. The molecule has 0 bridgehead atoms. The molecule has 0 amide bonds. The second-order valence-electron chi connectivity index (χ2n) is 5.96. The zero-order chi connectivity index (χ0) is 15.3. The van der Waals surface area contributed by atoms with E-state index in [0.717, 1.165) is 6.54 Å². The first-order valence-electron chi connectivity index (χ1n) is 6.07. The van der Waals surface area contributed by atoms with Crippen LogP contribution in [0.5, 0.6) is 0 Å². The number of hydrogen-bond acceptors (Lipinski definition) is 5. The zero-order valence-corrected chi connectivity index (χ0v) is 12.7. The molecule has 0 aromatic rings. The first kappa shape index (κ1) is 18.3. The number of rotatable bonds is 4. The van der Waals surface area contributed by atoms with Crippen molar-refractivity contribution in [3.05, 3.63) is 0 Å². The monoisotopic (exact) mass is 296 g/mol. The third-order valence-corrected chi connectivity index (χ3v) is 3.56. The average Bonchev–Trinajstić information content (AvgIpc) is 2.45. The fourth-order valence-corrected chi connectivity index (χ4v) is 2.73. The number of quaternary nitrogens is 1. The number of nitrogens with one attached hydrogen (secondary N) is 1. The Morgan fingerprint density at radius 3 is 2.11 bits per heavy atom. The van der Waals surface area contributed by atoms with Crippen molar-refractivity contribution in [1.82, 2.24) is 5.32 Å². The first-order chi connectivity index (χ1) is 8.41. The number of carbonyl (C=O) groups excluding carboxylic acids is 1. The molecule has 1 heterocycles. The Hall–Kier alpha value is -0.700. The normalized spacial score (nSPS) is 23.6. The Labute approximate surface area is 114 Å². The van der Waals surface area contributed by atoms with Crippen LogP contribution in [-0.2, 0) is 14.9 Å². The van der Waals surface area contributed by atoms with Crippen LogP contribution in [0.1, 0.15) is 6.92 Å². The lowest BCUT2D eigenvalue weighted by atomic mass is 10.0. The van der Waals surface area contributed by atoms with Crippen LogP contribution in [0.3, 0.4) is 0 Å². The average molecular weight is 296 g/mol. The molecule has 0 radical (unpaired) electrons. The Morgan fingerprint density at radius 2 is 1.89 bits per heavy atom. The smallest absolute Gasteiger partial charge is 0.265 e. The van der Waals surface area contributed by atoms with Crippen molar-refractivity contribution in [2.24, 2.45) is 11.8 Å². The highest BCUT2D eigenvalue weighted by atomic mass is 32.2. The van der Waals surface area contributed by atoms with Crippen molar-refractivity contribution in [3.63, 3.8) is 0 Å². The highest BCUT2D eigenvalue weighted by Gasteiger charge is 2.26. The van der Waals surface area contributed by atoms with E-state index in [1.807, 2.05) is 6.92 Å². The molecule has 1 rings (SSSR count). The Morgan fingerprint density at radius 1 is 1.37 bits per heavy atom. The van der Waals surface area contributed by atoms with Crippen LogP contribution in [0.4, 0.5) is 0 Å². The summed E-state index contributed by atoms with van der Waals surface area (Å²) in [6, 6.07) is 0. The van der Waals surface area contributed by atoms with Crippen molar-refractivity contribution in [2.75, 3.05) is 46.5 Å². The van der Waals surface area contributed by atoms with Crippen LogP contribution in [0.25, 0.3) is 0 Å². The molecule has 0 aromatic heterocycles. The molecule has 1 saturated heterocycles. The minimum Gasteiger partial charge on any atom is -0.544 e. The van der Waals surface area contributed by atoms with Gasteiger partial charge in [-0.2, -0.15) is 8.42 Å². The predicted molar refractivity (Wildman–Crippen MR) is 69.8 cm³/mol. The summed E-state index contributed by atoms with van der Waals surface area (Å²) in [5.41, 5.74) is 0. The third-order valence-electron chi connectivity index (χ3n) is 2.71. The van der Waals surface area contributed by atoms with Gasteiger partial charge in [0, 0.05) is 0 Å². The van der Waals surface area contributed by atoms with E-state index in [-0.39, 0.29) is 18.2 Å². The Kier molecular flexibility index (Phi) is 6.92. The van der Waals surface area contributed by atoms with Gasteiger partial charge in [0.05, 0.1) is 32.9 Å². The summed E-state index contributed by atoms with van der Waals surface area (Å²) < 4.78 is 29.9. The van der Waals surface area contributed by atoms with Gasteiger partial charge < -0.3 is 19.7 Å². The first-order valence-corrected chi connectivity index (χ1v) is 7.68. The van der Waals surface area contributed by atoms with Crippen molar-refractivity contribution in [3.8, 4) is 0 Å². The molecule has 0 aliphatic carbocycles. The number of carboxylic acid groups (broad SMARTS) is 1. The van der Waals surface area contributed by atoms with Crippen molar-refractivity contribution in [1.29, 1.82) is 0 Å². The highest BCUT2D eigenvalue weighted by molar-refractivity contribution is 7.85. The minimum absolute atomic E-state index is 0.0694. The van der Waals surface area contributed by atoms with Gasteiger partial charge in [0.15, 0.2) is 0 Å². The summed E-state index contributed by atoms with van der Waals surface area (Å²) in [6.07, 6.45) is 0. The van der Waals surface area contributed by atoms with Crippen molar-refractivity contribution in [2.45, 2.75) is 6.92 Å². The fraction of sp³-hybridized carbons (Fsp3) is 0.909. The maximum absolute atomic E-state index is 10.5. The molecule has 2 atom stereocenters. The fourth-order valence-electron chi connectivity index (χ4n) is 1.75. The second kappa shape index (κ2) is 7.18. The van der Waals surface area contributed by atoms with Crippen LogP contribution >= 0.6 is 0 Å². The summed E-state index contributed by atoms with van der Waals surface area (Å²) in [6.45, 7) is 3.59. The molecule has 7 nitrogen and oxygen atoms in total. The lowest BCUT2D eigenvalue weighted by molar-refractivity contribution is -0.864. The van der Waals surface area contributed by atoms with E-state index < -0.39 is 16.1 Å². The van der Waals surface area contributed by atoms with E-state index in [9.17, 15) is 18.3 Å². The summed E-state index contributed by atoms with van der Waals surface area (Å²) in [7, 11) is 1.62. The van der Waals surface area contributed by atoms with E-state index in [2.05, 4.69) is 5.32 Å². The number of hydrogen-bond donors (Lipinski definition) is 2. The number of nitrogens with zero attached hydrogens (tertiary/aromatic N) is 1. The minimum atomic E-state index is -3.78. The van der Waals surface area contributed by atoms with E-state index in [4.69, 9.17) is 4.55 Å². The molecule has 2 N–H and O–H groups in total. The molecule has 1 aliphatic heterocycles. The van der Waals surface area contributed by atoms with E-state index >= 15 is 0 Å². The molecule has 0 spiro atoms. The second-order valence-corrected chi connectivity index (χ2v) is 7.46. The highest BCUT2D eigenvalue weighted by Crippen LogP contribution is 2.16. The number of carbonyl (C=O) groups is 1. The molecular weight excluding hydrogens is 272 g/mol. The van der Waals surface area contributed by atoms with Gasteiger partial charge in [-0.3, -0.25) is 4.55 Å². The van der Waals surface area contributed by atoms with Gasteiger partial charge in [0.1, 0.15) is 6.54 Å². The van der Waals surface area contributed by atoms with Gasteiger partial charge in [0.25, 0.3) is 10.1 Å². The molecule has 114 valence electrons. The van der Waals surface area contributed by atoms with E-state index in [0.29, 0.717) is 16.9 Å². The van der Waals surface area contributed by atoms with Gasteiger partial charge in [-0.1, -0.05) is 6.92 Å². The van der Waals surface area contributed by atoms with Gasteiger partial charge in [0.2, 0.25) is 0 Å². The lowest BCUT2D eigenvalue weighted by Crippen LogP contribution is -2.45. The van der Waals surface area contributed by atoms with E-state index in [1.54, 1.807) is 21.1 Å². The molecule has 2 unspecified atom stereocenters. The quantitative estimate of drug-likeness (QED) is 0.467. The summed E-state index contributed by atoms with van der Waals surface area (Å²) in [5, 5.41) is 13.0. The standard InChI is InChI=1S/C6H13NO3S.C5H11NO2/c1-5-2-7-3-6(5)4-11(8,9)10;1-6(2,3)4-5(7)8/h5-7H,2-4H2,1H3,(H,8,9,10);4H2,1-3H3. The maximum Gasteiger partial charge on any atom is 0.265 e. The van der Waals surface area contributed by atoms with Gasteiger partial charge >= 0.3 is 0 Å². The van der Waals surface area contributed by atoms with Crippen LogP contribution in [0.15, 0.2) is 0 Å². The SMILES string of the molecule is CC1CNCC1CS(=O)(=O)O.C[N+](C)(C)CC(=O)[O-]. The lowest BCUT2D eigenvalue weighted by Gasteiger charge is -2.23. The summed E-state index contributed by atoms with van der Waals surface area (Å²) in [4.78, 5) is 9.89. The van der Waals surface area contributed by atoms with Crippen molar-refractivity contribution < 1.29 is 27.4 Å². The molecule has 0 aromatic carbocycles. The van der Waals surface area contributed by atoms with Crippen molar-refractivity contribution >= 4 is 16.1 Å².